The molecule has 0 bridgehead atoms. The molecule has 0 aliphatic rings. The summed E-state index contributed by atoms with van der Waals surface area (Å²) in [6.07, 6.45) is 0.0382. The summed E-state index contributed by atoms with van der Waals surface area (Å²) in [5.41, 5.74) is 0.868. The molecular formula is C17H24N2O4. The summed E-state index contributed by atoms with van der Waals surface area (Å²) in [5.74, 6) is -1.69. The SMILES string of the molecule is CC(CC(=O)O)NC(=O)C(NC(=O)Cc1ccccc1)C(C)C. The Kier molecular flexibility index (Phi) is 7.25. The standard InChI is InChI=1S/C17H24N2O4/c1-11(2)16(17(23)18-12(3)9-15(21)22)19-14(20)10-13-7-5-4-6-8-13/h4-8,11-12,16H,9-10H2,1-3H3,(H,18,23)(H,19,20)(H,21,22). The molecule has 6 heteroatoms. The van der Waals surface area contributed by atoms with Crippen LogP contribution in [0.15, 0.2) is 30.3 Å². The molecule has 3 N–H and O–H groups in total. The van der Waals surface area contributed by atoms with Gasteiger partial charge in [-0.05, 0) is 18.4 Å². The lowest BCUT2D eigenvalue weighted by Gasteiger charge is -2.23. The molecule has 0 radical (unpaired) electrons. The minimum Gasteiger partial charge on any atom is -0.481 e. The first-order chi connectivity index (χ1) is 10.8. The Morgan fingerprint density at radius 2 is 1.65 bits per heavy atom. The topological polar surface area (TPSA) is 95.5 Å². The number of carbonyl (C=O) groups excluding carboxylic acids is 2. The molecule has 0 spiro atoms. The zero-order valence-electron chi connectivity index (χ0n) is 13.7. The number of hydrogen-bond acceptors (Lipinski definition) is 3. The average Bonchev–Trinajstić information content (AvgIpc) is 2.44. The maximum absolute atomic E-state index is 12.2. The number of benzene rings is 1. The van der Waals surface area contributed by atoms with Crippen LogP contribution in [0, 0.1) is 5.92 Å². The van der Waals surface area contributed by atoms with Gasteiger partial charge in [-0.15, -0.1) is 0 Å². The number of amides is 2. The van der Waals surface area contributed by atoms with E-state index in [1.54, 1.807) is 6.92 Å². The highest BCUT2D eigenvalue weighted by Gasteiger charge is 2.25. The van der Waals surface area contributed by atoms with Gasteiger partial charge in [0.2, 0.25) is 11.8 Å². The highest BCUT2D eigenvalue weighted by atomic mass is 16.4. The van der Waals surface area contributed by atoms with Crippen molar-refractivity contribution < 1.29 is 19.5 Å². The van der Waals surface area contributed by atoms with Crippen LogP contribution in [0.2, 0.25) is 0 Å². The van der Waals surface area contributed by atoms with Crippen LogP contribution in [0.3, 0.4) is 0 Å². The molecule has 0 aliphatic heterocycles. The van der Waals surface area contributed by atoms with E-state index < -0.39 is 18.1 Å². The zero-order chi connectivity index (χ0) is 17.4. The van der Waals surface area contributed by atoms with Gasteiger partial charge in [-0.3, -0.25) is 14.4 Å². The second kappa shape index (κ2) is 8.92. The molecule has 2 unspecified atom stereocenters. The fourth-order valence-electron chi connectivity index (χ4n) is 2.19. The molecule has 0 aliphatic carbocycles. The molecule has 23 heavy (non-hydrogen) atoms. The molecule has 2 atom stereocenters. The van der Waals surface area contributed by atoms with Gasteiger partial charge in [-0.2, -0.15) is 0 Å². The predicted octanol–water partition coefficient (Wildman–Crippen LogP) is 1.35. The normalized spacial score (nSPS) is 13.2. The Morgan fingerprint density at radius 1 is 1.04 bits per heavy atom. The maximum atomic E-state index is 12.2. The van der Waals surface area contributed by atoms with E-state index in [-0.39, 0.29) is 30.6 Å². The van der Waals surface area contributed by atoms with E-state index in [0.717, 1.165) is 5.56 Å². The van der Waals surface area contributed by atoms with E-state index in [0.29, 0.717) is 0 Å². The molecule has 0 fully saturated rings. The maximum Gasteiger partial charge on any atom is 0.305 e. The van der Waals surface area contributed by atoms with Gasteiger partial charge in [0.05, 0.1) is 12.8 Å². The Labute approximate surface area is 136 Å². The van der Waals surface area contributed by atoms with Crippen LogP contribution >= 0.6 is 0 Å². The number of aliphatic carboxylic acids is 1. The number of carboxylic acids is 1. The van der Waals surface area contributed by atoms with Crippen LogP contribution < -0.4 is 10.6 Å². The van der Waals surface area contributed by atoms with Crippen molar-refractivity contribution in [1.29, 1.82) is 0 Å². The molecule has 2 amide bonds. The molecule has 6 nitrogen and oxygen atoms in total. The summed E-state index contributed by atoms with van der Waals surface area (Å²) in [6, 6.07) is 8.08. The van der Waals surface area contributed by atoms with Gasteiger partial charge in [-0.1, -0.05) is 44.2 Å². The lowest BCUT2D eigenvalue weighted by atomic mass is 10.0. The Hall–Kier alpha value is -2.37. The van der Waals surface area contributed by atoms with Crippen LogP contribution in [0.4, 0.5) is 0 Å². The Bertz CT molecular complexity index is 543. The summed E-state index contributed by atoms with van der Waals surface area (Å²) >= 11 is 0. The zero-order valence-corrected chi connectivity index (χ0v) is 13.7. The van der Waals surface area contributed by atoms with Gasteiger partial charge < -0.3 is 15.7 Å². The van der Waals surface area contributed by atoms with Crippen molar-refractivity contribution in [3.05, 3.63) is 35.9 Å². The Balaban J connectivity index is 2.61. The van der Waals surface area contributed by atoms with Crippen molar-refractivity contribution in [2.24, 2.45) is 5.92 Å². The fraction of sp³-hybridized carbons (Fsp3) is 0.471. The summed E-state index contributed by atoms with van der Waals surface area (Å²) < 4.78 is 0. The monoisotopic (exact) mass is 320 g/mol. The molecule has 0 saturated heterocycles. The lowest BCUT2D eigenvalue weighted by Crippen LogP contribution is -2.52. The van der Waals surface area contributed by atoms with Crippen LogP contribution in [0.5, 0.6) is 0 Å². The first-order valence-corrected chi connectivity index (χ1v) is 7.65. The van der Waals surface area contributed by atoms with Crippen molar-refractivity contribution in [2.45, 2.75) is 45.7 Å². The van der Waals surface area contributed by atoms with Crippen LogP contribution in [0.25, 0.3) is 0 Å². The molecule has 0 aromatic heterocycles. The van der Waals surface area contributed by atoms with Gasteiger partial charge in [-0.25, -0.2) is 0 Å². The number of nitrogens with one attached hydrogen (secondary N) is 2. The third-order valence-corrected chi connectivity index (χ3v) is 3.34. The quantitative estimate of drug-likeness (QED) is 0.674. The molecule has 126 valence electrons. The summed E-state index contributed by atoms with van der Waals surface area (Å²) in [7, 11) is 0. The summed E-state index contributed by atoms with van der Waals surface area (Å²) in [6.45, 7) is 5.28. The molecule has 0 saturated carbocycles. The van der Waals surface area contributed by atoms with Gasteiger partial charge in [0.15, 0.2) is 0 Å². The Morgan fingerprint density at radius 3 is 2.17 bits per heavy atom. The van der Waals surface area contributed by atoms with Crippen LogP contribution in [0.1, 0.15) is 32.8 Å². The van der Waals surface area contributed by atoms with Crippen molar-refractivity contribution >= 4 is 17.8 Å². The second-order valence-electron chi connectivity index (χ2n) is 5.96. The number of carbonyl (C=O) groups is 3. The second-order valence-corrected chi connectivity index (χ2v) is 5.96. The number of carboxylic acid groups (broad SMARTS) is 1. The fourth-order valence-corrected chi connectivity index (χ4v) is 2.19. The highest BCUT2D eigenvalue weighted by molar-refractivity contribution is 5.89. The van der Waals surface area contributed by atoms with Crippen molar-refractivity contribution in [3.8, 4) is 0 Å². The van der Waals surface area contributed by atoms with Crippen LogP contribution in [-0.2, 0) is 20.8 Å². The van der Waals surface area contributed by atoms with E-state index in [1.807, 2.05) is 44.2 Å². The number of rotatable bonds is 8. The van der Waals surface area contributed by atoms with Crippen molar-refractivity contribution in [1.82, 2.24) is 10.6 Å². The van der Waals surface area contributed by atoms with E-state index in [2.05, 4.69) is 10.6 Å². The van der Waals surface area contributed by atoms with Gasteiger partial charge in [0, 0.05) is 6.04 Å². The van der Waals surface area contributed by atoms with E-state index >= 15 is 0 Å². The van der Waals surface area contributed by atoms with Crippen molar-refractivity contribution in [2.75, 3.05) is 0 Å². The minimum absolute atomic E-state index is 0.105. The van der Waals surface area contributed by atoms with E-state index in [9.17, 15) is 14.4 Å². The largest absolute Gasteiger partial charge is 0.481 e. The smallest absolute Gasteiger partial charge is 0.305 e. The van der Waals surface area contributed by atoms with Crippen molar-refractivity contribution in [3.63, 3.8) is 0 Å². The third-order valence-electron chi connectivity index (χ3n) is 3.34. The molecule has 1 aromatic rings. The summed E-state index contributed by atoms with van der Waals surface area (Å²) in [4.78, 5) is 35.0. The average molecular weight is 320 g/mol. The predicted molar refractivity (Wildman–Crippen MR) is 86.8 cm³/mol. The summed E-state index contributed by atoms with van der Waals surface area (Å²) in [5, 5.41) is 14.1. The third kappa shape index (κ3) is 6.95. The minimum atomic E-state index is -0.980. The van der Waals surface area contributed by atoms with Gasteiger partial charge in [0.1, 0.15) is 6.04 Å². The number of hydrogen-bond donors (Lipinski definition) is 3. The van der Waals surface area contributed by atoms with Gasteiger partial charge in [0.25, 0.3) is 0 Å². The molecule has 1 rings (SSSR count). The molecule has 0 heterocycles. The molecule has 1 aromatic carbocycles. The van der Waals surface area contributed by atoms with Gasteiger partial charge >= 0.3 is 5.97 Å². The van der Waals surface area contributed by atoms with Crippen LogP contribution in [-0.4, -0.2) is 35.0 Å². The lowest BCUT2D eigenvalue weighted by molar-refractivity contribution is -0.138. The van der Waals surface area contributed by atoms with E-state index in [1.165, 1.54) is 0 Å². The highest BCUT2D eigenvalue weighted by Crippen LogP contribution is 2.05. The molecular weight excluding hydrogens is 296 g/mol. The first kappa shape index (κ1) is 18.7. The first-order valence-electron chi connectivity index (χ1n) is 7.65. The van der Waals surface area contributed by atoms with E-state index in [4.69, 9.17) is 5.11 Å².